The SMILES string of the molecule is Cc1ccc(Br)cc1CC(Br)C(=O)C1CC1. The summed E-state index contributed by atoms with van der Waals surface area (Å²) in [6.45, 7) is 2.09. The lowest BCUT2D eigenvalue weighted by atomic mass is 10.0. The average molecular weight is 346 g/mol. The van der Waals surface area contributed by atoms with E-state index in [2.05, 4.69) is 50.9 Å². The predicted octanol–water partition coefficient (Wildman–Crippen LogP) is 4.04. The van der Waals surface area contributed by atoms with Crippen LogP contribution in [0.3, 0.4) is 0 Å². The highest BCUT2D eigenvalue weighted by Crippen LogP contribution is 2.33. The lowest BCUT2D eigenvalue weighted by molar-refractivity contribution is -0.119. The van der Waals surface area contributed by atoms with Crippen molar-refractivity contribution in [3.63, 3.8) is 0 Å². The van der Waals surface area contributed by atoms with Crippen LogP contribution in [0.15, 0.2) is 22.7 Å². The molecule has 1 unspecified atom stereocenters. The lowest BCUT2D eigenvalue weighted by Crippen LogP contribution is -2.18. The van der Waals surface area contributed by atoms with Gasteiger partial charge in [0.25, 0.3) is 0 Å². The molecule has 86 valence electrons. The number of hydrogen-bond acceptors (Lipinski definition) is 1. The number of Topliss-reactive ketones (excluding diaryl/α,β-unsaturated/α-hetero) is 1. The van der Waals surface area contributed by atoms with Gasteiger partial charge in [-0.3, -0.25) is 4.79 Å². The molecule has 1 nitrogen and oxygen atoms in total. The van der Waals surface area contributed by atoms with Crippen LogP contribution in [0.2, 0.25) is 0 Å². The van der Waals surface area contributed by atoms with Crippen LogP contribution in [0.5, 0.6) is 0 Å². The van der Waals surface area contributed by atoms with Gasteiger partial charge in [0.1, 0.15) is 5.78 Å². The van der Waals surface area contributed by atoms with Gasteiger partial charge in [-0.2, -0.15) is 0 Å². The van der Waals surface area contributed by atoms with Crippen molar-refractivity contribution in [1.82, 2.24) is 0 Å². The van der Waals surface area contributed by atoms with Gasteiger partial charge >= 0.3 is 0 Å². The van der Waals surface area contributed by atoms with E-state index < -0.39 is 0 Å². The molecule has 0 spiro atoms. The maximum Gasteiger partial charge on any atom is 0.149 e. The van der Waals surface area contributed by atoms with E-state index in [0.29, 0.717) is 11.7 Å². The molecule has 0 N–H and O–H groups in total. The molecule has 1 aliphatic carbocycles. The summed E-state index contributed by atoms with van der Waals surface area (Å²) in [4.78, 5) is 11.8. The van der Waals surface area contributed by atoms with E-state index in [9.17, 15) is 4.79 Å². The number of halogens is 2. The Balaban J connectivity index is 2.07. The third-order valence-corrected chi connectivity index (χ3v) is 4.27. The van der Waals surface area contributed by atoms with Crippen LogP contribution in [0.25, 0.3) is 0 Å². The summed E-state index contributed by atoms with van der Waals surface area (Å²) >= 11 is 6.98. The summed E-state index contributed by atoms with van der Waals surface area (Å²) in [7, 11) is 0. The second-order valence-electron chi connectivity index (χ2n) is 4.42. The molecule has 1 atom stereocenters. The Labute approximate surface area is 113 Å². The first kappa shape index (κ1) is 12.3. The largest absolute Gasteiger partial charge is 0.298 e. The van der Waals surface area contributed by atoms with Crippen LogP contribution >= 0.6 is 31.9 Å². The van der Waals surface area contributed by atoms with Gasteiger partial charge in [-0.15, -0.1) is 0 Å². The summed E-state index contributed by atoms with van der Waals surface area (Å²) < 4.78 is 1.08. The smallest absolute Gasteiger partial charge is 0.149 e. The first-order valence-electron chi connectivity index (χ1n) is 5.51. The van der Waals surface area contributed by atoms with E-state index in [0.717, 1.165) is 23.7 Å². The molecule has 0 amide bonds. The molecule has 0 aliphatic heterocycles. The highest BCUT2D eigenvalue weighted by molar-refractivity contribution is 9.10. The Bertz CT molecular complexity index is 410. The number of carbonyl (C=O) groups excluding carboxylic acids is 1. The minimum Gasteiger partial charge on any atom is -0.298 e. The molecule has 2 rings (SSSR count). The van der Waals surface area contributed by atoms with Gasteiger partial charge in [0.05, 0.1) is 4.83 Å². The molecule has 16 heavy (non-hydrogen) atoms. The van der Waals surface area contributed by atoms with Crippen molar-refractivity contribution in [1.29, 1.82) is 0 Å². The Morgan fingerprint density at radius 2 is 2.19 bits per heavy atom. The molecule has 0 radical (unpaired) electrons. The zero-order valence-electron chi connectivity index (χ0n) is 9.17. The van der Waals surface area contributed by atoms with Gasteiger partial charge in [0.15, 0.2) is 0 Å². The zero-order chi connectivity index (χ0) is 11.7. The molecule has 1 aliphatic rings. The van der Waals surface area contributed by atoms with E-state index in [-0.39, 0.29) is 4.83 Å². The summed E-state index contributed by atoms with van der Waals surface area (Å²) in [6, 6.07) is 6.22. The Morgan fingerprint density at radius 3 is 2.81 bits per heavy atom. The molecular formula is C13H14Br2O. The quantitative estimate of drug-likeness (QED) is 0.752. The van der Waals surface area contributed by atoms with Gasteiger partial charge in [0, 0.05) is 10.4 Å². The second kappa shape index (κ2) is 5.01. The fraction of sp³-hybridized carbons (Fsp3) is 0.462. The average Bonchev–Trinajstić information content (AvgIpc) is 3.06. The van der Waals surface area contributed by atoms with Gasteiger partial charge in [-0.1, -0.05) is 37.9 Å². The summed E-state index contributed by atoms with van der Waals surface area (Å²) in [5, 5.41) is 0. The van der Waals surface area contributed by atoms with Gasteiger partial charge in [0.2, 0.25) is 0 Å². The number of carbonyl (C=O) groups is 1. The minimum atomic E-state index is -0.0204. The van der Waals surface area contributed by atoms with Crippen LogP contribution in [0, 0.1) is 12.8 Å². The standard InChI is InChI=1S/C13H14Br2O/c1-8-2-5-11(14)6-10(8)7-12(15)13(16)9-3-4-9/h2,5-6,9,12H,3-4,7H2,1H3. The topological polar surface area (TPSA) is 17.1 Å². The van der Waals surface area contributed by atoms with Gasteiger partial charge < -0.3 is 0 Å². The third kappa shape index (κ3) is 2.95. The second-order valence-corrected chi connectivity index (χ2v) is 6.44. The maximum absolute atomic E-state index is 11.8. The number of hydrogen-bond donors (Lipinski definition) is 0. The van der Waals surface area contributed by atoms with Crippen molar-refractivity contribution < 1.29 is 4.79 Å². The van der Waals surface area contributed by atoms with Crippen molar-refractivity contribution in [3.8, 4) is 0 Å². The van der Waals surface area contributed by atoms with Crippen molar-refractivity contribution >= 4 is 37.6 Å². The highest BCUT2D eigenvalue weighted by atomic mass is 79.9. The number of rotatable bonds is 4. The summed E-state index contributed by atoms with van der Waals surface area (Å²) in [5.41, 5.74) is 2.49. The molecule has 0 saturated heterocycles. The van der Waals surface area contributed by atoms with Crippen LogP contribution < -0.4 is 0 Å². The molecule has 1 aromatic carbocycles. The lowest BCUT2D eigenvalue weighted by Gasteiger charge is -2.11. The maximum atomic E-state index is 11.8. The van der Waals surface area contributed by atoms with E-state index in [1.54, 1.807) is 0 Å². The number of benzene rings is 1. The predicted molar refractivity (Wildman–Crippen MR) is 73.0 cm³/mol. The molecule has 0 heterocycles. The van der Waals surface area contributed by atoms with Crippen molar-refractivity contribution in [2.75, 3.05) is 0 Å². The van der Waals surface area contributed by atoms with Crippen LogP contribution in [-0.2, 0) is 11.2 Å². The Hall–Kier alpha value is -0.150. The summed E-state index contributed by atoms with van der Waals surface area (Å²) in [5.74, 6) is 0.705. The monoisotopic (exact) mass is 344 g/mol. The molecule has 3 heteroatoms. The van der Waals surface area contributed by atoms with Crippen LogP contribution in [0.1, 0.15) is 24.0 Å². The Morgan fingerprint density at radius 1 is 1.50 bits per heavy atom. The van der Waals surface area contributed by atoms with Crippen molar-refractivity contribution in [3.05, 3.63) is 33.8 Å². The molecule has 1 fully saturated rings. The molecular weight excluding hydrogens is 332 g/mol. The fourth-order valence-electron chi connectivity index (χ4n) is 1.78. The van der Waals surface area contributed by atoms with Crippen molar-refractivity contribution in [2.24, 2.45) is 5.92 Å². The minimum absolute atomic E-state index is 0.0204. The Kier molecular flexibility index (Phi) is 3.85. The van der Waals surface area contributed by atoms with Crippen molar-refractivity contribution in [2.45, 2.75) is 31.0 Å². The first-order valence-corrected chi connectivity index (χ1v) is 7.21. The van der Waals surface area contributed by atoms with E-state index in [4.69, 9.17) is 0 Å². The number of ketones is 1. The molecule has 1 aromatic rings. The van der Waals surface area contributed by atoms with Crippen LogP contribution in [-0.4, -0.2) is 10.6 Å². The van der Waals surface area contributed by atoms with E-state index in [1.807, 2.05) is 6.07 Å². The highest BCUT2D eigenvalue weighted by Gasteiger charge is 2.33. The molecule has 0 bridgehead atoms. The van der Waals surface area contributed by atoms with E-state index >= 15 is 0 Å². The third-order valence-electron chi connectivity index (χ3n) is 3.00. The summed E-state index contributed by atoms with van der Waals surface area (Å²) in [6.07, 6.45) is 2.96. The molecule has 0 aromatic heterocycles. The normalized spacial score (nSPS) is 17.2. The number of alkyl halides is 1. The van der Waals surface area contributed by atoms with Crippen LogP contribution in [0.4, 0.5) is 0 Å². The number of aryl methyl sites for hydroxylation is 1. The first-order chi connectivity index (χ1) is 7.58. The van der Waals surface area contributed by atoms with Gasteiger partial charge in [-0.25, -0.2) is 0 Å². The molecule has 1 saturated carbocycles. The van der Waals surface area contributed by atoms with E-state index in [1.165, 1.54) is 11.1 Å². The van der Waals surface area contributed by atoms with Gasteiger partial charge in [-0.05, 0) is 49.4 Å². The zero-order valence-corrected chi connectivity index (χ0v) is 12.3. The fourth-order valence-corrected chi connectivity index (χ4v) is 2.91.